The molecule has 3 unspecified atom stereocenters. The van der Waals surface area contributed by atoms with Crippen molar-refractivity contribution >= 4 is 0 Å². The smallest absolute Gasteiger partial charge is 0.0351 e. The molecule has 1 saturated carbocycles. The second-order valence-corrected chi connectivity index (χ2v) is 7.58. The summed E-state index contributed by atoms with van der Waals surface area (Å²) in [5.41, 5.74) is 3.38. The van der Waals surface area contributed by atoms with E-state index in [9.17, 15) is 0 Å². The van der Waals surface area contributed by atoms with Crippen LogP contribution in [0.5, 0.6) is 0 Å². The Kier molecular flexibility index (Phi) is 5.48. The van der Waals surface area contributed by atoms with Gasteiger partial charge in [0.1, 0.15) is 0 Å². The van der Waals surface area contributed by atoms with Gasteiger partial charge < -0.3 is 5.32 Å². The first-order valence-corrected chi connectivity index (χ1v) is 8.76. The summed E-state index contributed by atoms with van der Waals surface area (Å²) in [6.07, 6.45) is 6.71. The first kappa shape index (κ1) is 16.5. The van der Waals surface area contributed by atoms with Crippen LogP contribution in [-0.2, 0) is 0 Å². The van der Waals surface area contributed by atoms with E-state index in [0.717, 1.165) is 5.92 Å². The van der Waals surface area contributed by atoms with E-state index in [1.807, 2.05) is 0 Å². The lowest BCUT2D eigenvalue weighted by Gasteiger charge is -2.43. The maximum atomic E-state index is 3.61. The van der Waals surface area contributed by atoms with Gasteiger partial charge >= 0.3 is 0 Å². The average Bonchev–Trinajstić information content (AvgIpc) is 2.49. The molecule has 1 aliphatic rings. The molecular formula is C20H33N. The Hall–Kier alpha value is -0.820. The Morgan fingerprint density at radius 2 is 1.76 bits per heavy atom. The van der Waals surface area contributed by atoms with E-state index >= 15 is 0 Å². The molecular weight excluding hydrogens is 254 g/mol. The van der Waals surface area contributed by atoms with Crippen molar-refractivity contribution in [2.24, 2.45) is 11.3 Å². The SMILES string of the molecule is CCC(C)c1ccc(C(NC)C2CCCCC2(C)C)cc1. The van der Waals surface area contributed by atoms with Gasteiger partial charge in [-0.15, -0.1) is 0 Å². The Bertz CT molecular complexity index is 432. The minimum absolute atomic E-state index is 0.446. The van der Waals surface area contributed by atoms with E-state index in [2.05, 4.69) is 64.3 Å². The van der Waals surface area contributed by atoms with E-state index in [1.165, 1.54) is 43.2 Å². The topological polar surface area (TPSA) is 12.0 Å². The molecule has 0 spiro atoms. The summed E-state index contributed by atoms with van der Waals surface area (Å²) in [6, 6.07) is 9.87. The molecule has 0 saturated heterocycles. The molecule has 1 heteroatoms. The number of hydrogen-bond donors (Lipinski definition) is 1. The highest BCUT2D eigenvalue weighted by Crippen LogP contribution is 2.46. The molecule has 1 aliphatic carbocycles. The molecule has 118 valence electrons. The molecule has 1 aromatic rings. The Balaban J connectivity index is 2.20. The van der Waals surface area contributed by atoms with Crippen LogP contribution in [0, 0.1) is 11.3 Å². The first-order chi connectivity index (χ1) is 9.99. The predicted molar refractivity (Wildman–Crippen MR) is 92.7 cm³/mol. The van der Waals surface area contributed by atoms with E-state index in [4.69, 9.17) is 0 Å². The van der Waals surface area contributed by atoms with Gasteiger partial charge in [-0.3, -0.25) is 0 Å². The second-order valence-electron chi connectivity index (χ2n) is 7.58. The highest BCUT2D eigenvalue weighted by atomic mass is 14.9. The van der Waals surface area contributed by atoms with Crippen LogP contribution in [0.4, 0.5) is 0 Å². The molecule has 1 aromatic carbocycles. The van der Waals surface area contributed by atoms with Gasteiger partial charge in [-0.2, -0.15) is 0 Å². The lowest BCUT2D eigenvalue weighted by Crippen LogP contribution is -2.37. The Morgan fingerprint density at radius 3 is 2.29 bits per heavy atom. The van der Waals surface area contributed by atoms with Crippen LogP contribution < -0.4 is 5.32 Å². The van der Waals surface area contributed by atoms with Gasteiger partial charge in [-0.25, -0.2) is 0 Å². The Labute approximate surface area is 131 Å². The summed E-state index contributed by atoms with van der Waals surface area (Å²) in [5, 5.41) is 3.61. The van der Waals surface area contributed by atoms with Crippen LogP contribution >= 0.6 is 0 Å². The molecule has 1 fully saturated rings. The van der Waals surface area contributed by atoms with Crippen molar-refractivity contribution in [1.29, 1.82) is 0 Å². The van der Waals surface area contributed by atoms with Crippen molar-refractivity contribution < 1.29 is 0 Å². The third-order valence-electron chi connectivity index (χ3n) is 5.78. The van der Waals surface area contributed by atoms with Gasteiger partial charge in [0.05, 0.1) is 0 Å². The molecule has 2 rings (SSSR count). The average molecular weight is 287 g/mol. The molecule has 21 heavy (non-hydrogen) atoms. The minimum atomic E-state index is 0.446. The standard InChI is InChI=1S/C20H33N/c1-6-15(2)16-10-12-17(13-11-16)19(21-5)18-9-7-8-14-20(18,3)4/h10-13,15,18-19,21H,6-9,14H2,1-5H3. The molecule has 1 nitrogen and oxygen atoms in total. The quantitative estimate of drug-likeness (QED) is 0.735. The Morgan fingerprint density at radius 1 is 1.14 bits per heavy atom. The highest BCUT2D eigenvalue weighted by Gasteiger charge is 2.37. The van der Waals surface area contributed by atoms with Gasteiger partial charge in [0.2, 0.25) is 0 Å². The molecule has 0 amide bonds. The number of nitrogens with one attached hydrogen (secondary N) is 1. The predicted octanol–water partition coefficient (Wildman–Crippen LogP) is 5.68. The zero-order chi connectivity index (χ0) is 15.5. The van der Waals surface area contributed by atoms with Crippen LogP contribution in [0.1, 0.15) is 82.9 Å². The van der Waals surface area contributed by atoms with E-state index in [-0.39, 0.29) is 0 Å². The zero-order valence-electron chi connectivity index (χ0n) is 14.6. The van der Waals surface area contributed by atoms with Gasteiger partial charge in [0, 0.05) is 6.04 Å². The van der Waals surface area contributed by atoms with Gasteiger partial charge in [0.15, 0.2) is 0 Å². The van der Waals surface area contributed by atoms with Gasteiger partial charge in [0.25, 0.3) is 0 Å². The minimum Gasteiger partial charge on any atom is -0.313 e. The van der Waals surface area contributed by atoms with Crippen LogP contribution in [-0.4, -0.2) is 7.05 Å². The fourth-order valence-corrected chi connectivity index (χ4v) is 4.01. The van der Waals surface area contributed by atoms with Crippen LogP contribution in [0.3, 0.4) is 0 Å². The molecule has 3 atom stereocenters. The summed E-state index contributed by atoms with van der Waals surface area (Å²) in [4.78, 5) is 0. The van der Waals surface area contributed by atoms with Crippen molar-refractivity contribution in [2.75, 3.05) is 7.05 Å². The fraction of sp³-hybridized carbons (Fsp3) is 0.700. The fourth-order valence-electron chi connectivity index (χ4n) is 4.01. The molecule has 0 radical (unpaired) electrons. The lowest BCUT2D eigenvalue weighted by atomic mass is 9.65. The van der Waals surface area contributed by atoms with E-state index < -0.39 is 0 Å². The van der Waals surface area contributed by atoms with Crippen molar-refractivity contribution in [3.05, 3.63) is 35.4 Å². The van der Waals surface area contributed by atoms with Crippen molar-refractivity contribution in [3.63, 3.8) is 0 Å². The maximum absolute atomic E-state index is 3.61. The number of hydrogen-bond acceptors (Lipinski definition) is 1. The molecule has 0 aromatic heterocycles. The molecule has 0 heterocycles. The summed E-state index contributed by atoms with van der Waals surface area (Å²) >= 11 is 0. The zero-order valence-corrected chi connectivity index (χ0v) is 14.6. The molecule has 1 N–H and O–H groups in total. The maximum Gasteiger partial charge on any atom is 0.0351 e. The third kappa shape index (κ3) is 3.69. The largest absolute Gasteiger partial charge is 0.313 e. The van der Waals surface area contributed by atoms with Crippen LogP contribution in [0.15, 0.2) is 24.3 Å². The van der Waals surface area contributed by atoms with Gasteiger partial charge in [-0.1, -0.05) is 64.8 Å². The first-order valence-electron chi connectivity index (χ1n) is 8.76. The molecule has 0 aliphatic heterocycles. The monoisotopic (exact) mass is 287 g/mol. The summed E-state index contributed by atoms with van der Waals surface area (Å²) in [6.45, 7) is 9.48. The van der Waals surface area contributed by atoms with Crippen molar-refractivity contribution in [3.8, 4) is 0 Å². The summed E-state index contributed by atoms with van der Waals surface area (Å²) < 4.78 is 0. The number of rotatable bonds is 5. The van der Waals surface area contributed by atoms with E-state index in [0.29, 0.717) is 17.4 Å². The van der Waals surface area contributed by atoms with E-state index in [1.54, 1.807) is 0 Å². The highest BCUT2D eigenvalue weighted by molar-refractivity contribution is 5.28. The van der Waals surface area contributed by atoms with Crippen molar-refractivity contribution in [2.45, 2.75) is 71.8 Å². The summed E-state index contributed by atoms with van der Waals surface area (Å²) in [5.74, 6) is 1.41. The van der Waals surface area contributed by atoms with Crippen molar-refractivity contribution in [1.82, 2.24) is 5.32 Å². The molecule has 0 bridgehead atoms. The van der Waals surface area contributed by atoms with Gasteiger partial charge in [-0.05, 0) is 54.7 Å². The van der Waals surface area contributed by atoms with Crippen LogP contribution in [0.25, 0.3) is 0 Å². The number of benzene rings is 1. The third-order valence-corrected chi connectivity index (χ3v) is 5.78. The second kappa shape index (κ2) is 6.96. The normalized spacial score (nSPS) is 24.5. The van der Waals surface area contributed by atoms with Crippen LogP contribution in [0.2, 0.25) is 0 Å². The lowest BCUT2D eigenvalue weighted by molar-refractivity contribution is 0.101. The summed E-state index contributed by atoms with van der Waals surface area (Å²) in [7, 11) is 2.12.